The molecule has 0 saturated heterocycles. The van der Waals surface area contributed by atoms with E-state index in [1.807, 2.05) is 6.92 Å². The van der Waals surface area contributed by atoms with Gasteiger partial charge in [-0.3, -0.25) is 9.48 Å². The second kappa shape index (κ2) is 7.49. The van der Waals surface area contributed by atoms with Crippen LogP contribution < -0.4 is 14.8 Å². The van der Waals surface area contributed by atoms with Crippen LogP contribution in [0.4, 0.5) is 0 Å². The molecule has 0 aliphatic rings. The predicted molar refractivity (Wildman–Crippen MR) is 85.3 cm³/mol. The van der Waals surface area contributed by atoms with E-state index in [9.17, 15) is 9.59 Å². The Labute approximate surface area is 139 Å². The van der Waals surface area contributed by atoms with Crippen LogP contribution in [0.2, 0.25) is 0 Å². The van der Waals surface area contributed by atoms with E-state index in [0.29, 0.717) is 11.5 Å². The van der Waals surface area contributed by atoms with E-state index in [-0.39, 0.29) is 24.1 Å². The van der Waals surface area contributed by atoms with Gasteiger partial charge in [0.15, 0.2) is 0 Å². The number of hydrogen-bond acceptors (Lipinski definition) is 5. The van der Waals surface area contributed by atoms with E-state index >= 15 is 0 Å². The number of ether oxygens (including phenoxy) is 2. The SMILES string of the molecule is COc1ccc(OC)c(C(C)NC(=O)Cn2cc(C(=O)O)cn2)c1. The summed E-state index contributed by atoms with van der Waals surface area (Å²) in [5.41, 5.74) is 0.808. The van der Waals surface area contributed by atoms with Crippen LogP contribution in [0.3, 0.4) is 0 Å². The molecule has 0 spiro atoms. The molecule has 0 fully saturated rings. The van der Waals surface area contributed by atoms with Crippen molar-refractivity contribution < 1.29 is 24.2 Å². The molecule has 1 unspecified atom stereocenters. The van der Waals surface area contributed by atoms with E-state index in [1.165, 1.54) is 17.1 Å². The fourth-order valence-corrected chi connectivity index (χ4v) is 2.25. The summed E-state index contributed by atoms with van der Waals surface area (Å²) in [6.45, 7) is 1.74. The highest BCUT2D eigenvalue weighted by Crippen LogP contribution is 2.29. The molecule has 0 aliphatic heterocycles. The minimum absolute atomic E-state index is 0.0327. The smallest absolute Gasteiger partial charge is 0.338 e. The van der Waals surface area contributed by atoms with Crippen molar-refractivity contribution in [2.24, 2.45) is 0 Å². The first-order chi connectivity index (χ1) is 11.4. The standard InChI is InChI=1S/C16H19N3O5/c1-10(13-6-12(23-2)4-5-14(13)24-3)18-15(20)9-19-8-11(7-17-19)16(21)22/h4-8,10H,9H2,1-3H3,(H,18,20)(H,21,22). The van der Waals surface area contributed by atoms with Gasteiger partial charge in [0.2, 0.25) is 5.91 Å². The fourth-order valence-electron chi connectivity index (χ4n) is 2.25. The van der Waals surface area contributed by atoms with Gasteiger partial charge in [0.25, 0.3) is 0 Å². The number of nitrogens with zero attached hydrogens (tertiary/aromatic N) is 2. The summed E-state index contributed by atoms with van der Waals surface area (Å²) in [7, 11) is 3.11. The summed E-state index contributed by atoms with van der Waals surface area (Å²) >= 11 is 0. The number of carboxylic acid groups (broad SMARTS) is 1. The number of amides is 1. The number of hydrogen-bond donors (Lipinski definition) is 2. The summed E-state index contributed by atoms with van der Waals surface area (Å²) in [6, 6.07) is 5.01. The van der Waals surface area contributed by atoms with Crippen LogP contribution in [0.25, 0.3) is 0 Å². The lowest BCUT2D eigenvalue weighted by molar-refractivity contribution is -0.122. The third-order valence-electron chi connectivity index (χ3n) is 3.47. The Kier molecular flexibility index (Phi) is 5.41. The maximum absolute atomic E-state index is 12.1. The molecule has 1 aromatic carbocycles. The monoisotopic (exact) mass is 333 g/mol. The van der Waals surface area contributed by atoms with E-state index in [2.05, 4.69) is 10.4 Å². The molecule has 0 aliphatic carbocycles. The Morgan fingerprint density at radius 1 is 1.33 bits per heavy atom. The average Bonchev–Trinajstić information content (AvgIpc) is 3.02. The lowest BCUT2D eigenvalue weighted by atomic mass is 10.1. The van der Waals surface area contributed by atoms with Crippen LogP contribution in [-0.4, -0.2) is 41.0 Å². The fraction of sp³-hybridized carbons (Fsp3) is 0.312. The predicted octanol–water partition coefficient (Wildman–Crippen LogP) is 1.48. The molecular formula is C16H19N3O5. The molecule has 128 valence electrons. The zero-order valence-corrected chi connectivity index (χ0v) is 13.6. The van der Waals surface area contributed by atoms with Crippen LogP contribution in [0.1, 0.15) is 28.9 Å². The summed E-state index contributed by atoms with van der Waals surface area (Å²) in [4.78, 5) is 23.0. The van der Waals surface area contributed by atoms with Gasteiger partial charge in [-0.1, -0.05) is 0 Å². The van der Waals surface area contributed by atoms with Gasteiger partial charge in [0.05, 0.1) is 32.0 Å². The largest absolute Gasteiger partial charge is 0.497 e. The number of aromatic carboxylic acids is 1. The molecule has 2 N–H and O–H groups in total. The summed E-state index contributed by atoms with van der Waals surface area (Å²) in [5, 5.41) is 15.5. The molecule has 1 heterocycles. The number of carboxylic acids is 1. The number of rotatable bonds is 7. The Morgan fingerprint density at radius 2 is 2.08 bits per heavy atom. The Morgan fingerprint density at radius 3 is 2.67 bits per heavy atom. The van der Waals surface area contributed by atoms with Gasteiger partial charge in [-0.25, -0.2) is 4.79 Å². The summed E-state index contributed by atoms with van der Waals surface area (Å²) in [5.74, 6) is -0.0931. The van der Waals surface area contributed by atoms with Crippen LogP contribution in [0.5, 0.6) is 11.5 Å². The molecule has 2 aromatic rings. The highest BCUT2D eigenvalue weighted by Gasteiger charge is 2.16. The highest BCUT2D eigenvalue weighted by atomic mass is 16.5. The lowest BCUT2D eigenvalue weighted by Gasteiger charge is -2.18. The number of carbonyl (C=O) groups excluding carboxylic acids is 1. The Bertz CT molecular complexity index is 741. The number of carbonyl (C=O) groups is 2. The number of nitrogens with one attached hydrogen (secondary N) is 1. The van der Waals surface area contributed by atoms with Crippen molar-refractivity contribution in [3.63, 3.8) is 0 Å². The van der Waals surface area contributed by atoms with E-state index < -0.39 is 5.97 Å². The van der Waals surface area contributed by atoms with Crippen molar-refractivity contribution in [3.05, 3.63) is 41.7 Å². The molecular weight excluding hydrogens is 314 g/mol. The maximum Gasteiger partial charge on any atom is 0.338 e. The third kappa shape index (κ3) is 4.03. The first-order valence-electron chi connectivity index (χ1n) is 7.21. The van der Waals surface area contributed by atoms with E-state index in [4.69, 9.17) is 14.6 Å². The van der Waals surface area contributed by atoms with Crippen LogP contribution in [-0.2, 0) is 11.3 Å². The molecule has 2 rings (SSSR count). The first-order valence-corrected chi connectivity index (χ1v) is 7.21. The summed E-state index contributed by atoms with van der Waals surface area (Å²) < 4.78 is 11.8. The van der Waals surface area contributed by atoms with Crippen LogP contribution in [0, 0.1) is 0 Å². The molecule has 0 bridgehead atoms. The molecule has 0 saturated carbocycles. The molecule has 0 radical (unpaired) electrons. The van der Waals surface area contributed by atoms with Crippen molar-refractivity contribution in [3.8, 4) is 11.5 Å². The van der Waals surface area contributed by atoms with Crippen LogP contribution >= 0.6 is 0 Å². The number of benzene rings is 1. The number of aromatic nitrogens is 2. The topological polar surface area (TPSA) is 103 Å². The second-order valence-electron chi connectivity index (χ2n) is 5.13. The first kappa shape index (κ1) is 17.3. The van der Waals surface area contributed by atoms with Gasteiger partial charge in [0, 0.05) is 11.8 Å². The van der Waals surface area contributed by atoms with Gasteiger partial charge in [-0.15, -0.1) is 0 Å². The lowest BCUT2D eigenvalue weighted by Crippen LogP contribution is -2.30. The molecule has 1 amide bonds. The van der Waals surface area contributed by atoms with E-state index in [1.54, 1.807) is 32.4 Å². The van der Waals surface area contributed by atoms with Crippen molar-refractivity contribution >= 4 is 11.9 Å². The average molecular weight is 333 g/mol. The molecule has 24 heavy (non-hydrogen) atoms. The van der Waals surface area contributed by atoms with Crippen molar-refractivity contribution in [2.45, 2.75) is 19.5 Å². The molecule has 1 atom stereocenters. The van der Waals surface area contributed by atoms with Crippen molar-refractivity contribution in [1.29, 1.82) is 0 Å². The highest BCUT2D eigenvalue weighted by molar-refractivity contribution is 5.87. The molecule has 8 nitrogen and oxygen atoms in total. The maximum atomic E-state index is 12.1. The van der Waals surface area contributed by atoms with E-state index in [0.717, 1.165) is 5.56 Å². The summed E-state index contributed by atoms with van der Waals surface area (Å²) in [6.07, 6.45) is 2.50. The van der Waals surface area contributed by atoms with Gasteiger partial charge >= 0.3 is 5.97 Å². The molecule has 1 aromatic heterocycles. The van der Waals surface area contributed by atoms with Gasteiger partial charge in [-0.05, 0) is 25.1 Å². The van der Waals surface area contributed by atoms with Crippen molar-refractivity contribution in [2.75, 3.05) is 14.2 Å². The van der Waals surface area contributed by atoms with Crippen LogP contribution in [0.15, 0.2) is 30.6 Å². The Hall–Kier alpha value is -3.03. The minimum atomic E-state index is -1.09. The van der Waals surface area contributed by atoms with Gasteiger partial charge in [0.1, 0.15) is 18.0 Å². The quantitative estimate of drug-likeness (QED) is 0.795. The zero-order valence-electron chi connectivity index (χ0n) is 13.6. The normalized spacial score (nSPS) is 11.6. The third-order valence-corrected chi connectivity index (χ3v) is 3.47. The van der Waals surface area contributed by atoms with Gasteiger partial charge in [-0.2, -0.15) is 5.10 Å². The zero-order chi connectivity index (χ0) is 17.7. The molecule has 8 heteroatoms. The van der Waals surface area contributed by atoms with Gasteiger partial charge < -0.3 is 19.9 Å². The van der Waals surface area contributed by atoms with Crippen molar-refractivity contribution in [1.82, 2.24) is 15.1 Å². The second-order valence-corrected chi connectivity index (χ2v) is 5.13. The minimum Gasteiger partial charge on any atom is -0.497 e. The Balaban J connectivity index is 2.06. The number of methoxy groups -OCH3 is 2.